The maximum atomic E-state index is 10.8. The number of alkyl halides is 3. The Morgan fingerprint density at radius 1 is 1.33 bits per heavy atom. The summed E-state index contributed by atoms with van der Waals surface area (Å²) in [5.74, 6) is 0. The van der Waals surface area contributed by atoms with Gasteiger partial charge >= 0.3 is 6.08 Å². The normalized spacial score (nSPS) is 11.3. The summed E-state index contributed by atoms with van der Waals surface area (Å²) < 4.78 is 32.4. The molecule has 6 heavy (non-hydrogen) atoms. The molecule has 0 heterocycles. The van der Waals surface area contributed by atoms with Crippen LogP contribution in [-0.2, 0) is 0 Å². The zero-order chi connectivity index (χ0) is 5.21. The first-order valence-corrected chi connectivity index (χ1v) is 1.63. The molecule has 0 aliphatic carbocycles. The summed E-state index contributed by atoms with van der Waals surface area (Å²) in [5, 5.41) is 0. The molecule has 0 saturated heterocycles. The number of hydrogen-bond acceptors (Lipinski definition) is 0. The molecule has 0 bridgehead atoms. The molecule has 0 aromatic carbocycles. The Bertz CT molecular complexity index is 38.5. The molecular formula is C2H4BF3. The second-order valence-electron chi connectivity index (χ2n) is 0.969. The lowest BCUT2D eigenvalue weighted by Crippen LogP contribution is -2.13. The molecule has 0 aliphatic rings. The van der Waals surface area contributed by atoms with Gasteiger partial charge in [0.15, 0.2) is 0 Å². The third-order valence-electron chi connectivity index (χ3n) is 0.401. The number of rotatable bonds is 0. The van der Waals surface area contributed by atoms with Crippen LogP contribution in [0.5, 0.6) is 0 Å². The quantitative estimate of drug-likeness (QED) is 0.394. The molecule has 0 N–H and O–H groups in total. The fourth-order valence-corrected chi connectivity index (χ4v) is 0. The van der Waals surface area contributed by atoms with Crippen molar-refractivity contribution >= 4 is 7.28 Å². The lowest BCUT2D eigenvalue weighted by atomic mass is 9.82. The van der Waals surface area contributed by atoms with Crippen LogP contribution >= 0.6 is 0 Å². The average Bonchev–Trinajstić information content (AvgIpc) is 1.35. The number of halogens is 3. The predicted molar refractivity (Wildman–Crippen MR) is 19.1 cm³/mol. The van der Waals surface area contributed by atoms with Crippen LogP contribution in [0.4, 0.5) is 13.2 Å². The van der Waals surface area contributed by atoms with Crippen LogP contribution < -0.4 is 0 Å². The Morgan fingerprint density at radius 2 is 1.50 bits per heavy atom. The van der Waals surface area contributed by atoms with E-state index in [4.69, 9.17) is 0 Å². The van der Waals surface area contributed by atoms with E-state index in [9.17, 15) is 13.2 Å². The van der Waals surface area contributed by atoms with E-state index >= 15 is 0 Å². The second-order valence-corrected chi connectivity index (χ2v) is 0.969. The Labute approximate surface area is 34.6 Å². The van der Waals surface area contributed by atoms with Gasteiger partial charge in [0.25, 0.3) is 7.28 Å². The van der Waals surface area contributed by atoms with Crippen molar-refractivity contribution in [2.45, 2.75) is 12.9 Å². The van der Waals surface area contributed by atoms with Crippen molar-refractivity contribution in [1.82, 2.24) is 0 Å². The third-order valence-corrected chi connectivity index (χ3v) is 0.401. The van der Waals surface area contributed by atoms with Gasteiger partial charge in [-0.2, -0.15) is 13.2 Å². The van der Waals surface area contributed by atoms with Gasteiger partial charge in [-0.05, 0) is 0 Å². The first kappa shape index (κ1) is 5.85. The zero-order valence-electron chi connectivity index (χ0n) is 3.34. The summed E-state index contributed by atoms with van der Waals surface area (Å²) in [6.07, 6.45) is -3.96. The fraction of sp³-hybridized carbons (Fsp3) is 1.00. The molecule has 0 amide bonds. The highest BCUT2D eigenvalue weighted by molar-refractivity contribution is 6.36. The molecule has 0 atom stereocenters. The Morgan fingerprint density at radius 3 is 1.50 bits per heavy atom. The molecule has 0 unspecified atom stereocenters. The van der Waals surface area contributed by atoms with Crippen LogP contribution in [0.3, 0.4) is 0 Å². The third kappa shape index (κ3) is 3.85. The molecule has 0 aromatic rings. The van der Waals surface area contributed by atoms with Gasteiger partial charge in [0.1, 0.15) is 0 Å². The average molecular weight is 95.9 g/mol. The van der Waals surface area contributed by atoms with Gasteiger partial charge in [0.2, 0.25) is 0 Å². The van der Waals surface area contributed by atoms with E-state index in [-0.39, 0.29) is 0 Å². The van der Waals surface area contributed by atoms with Crippen molar-refractivity contribution in [3.63, 3.8) is 0 Å². The van der Waals surface area contributed by atoms with Gasteiger partial charge in [0.05, 0.1) is 0 Å². The molecule has 0 radical (unpaired) electrons. The minimum atomic E-state index is -3.96. The molecule has 36 valence electrons. The molecule has 0 saturated carbocycles. The summed E-state index contributed by atoms with van der Waals surface area (Å²) in [6.45, 7) is 1.08. The number of hydrogen-bond donors (Lipinski definition) is 0. The highest BCUT2D eigenvalue weighted by atomic mass is 19.4. The molecular weight excluding hydrogens is 91.8 g/mol. The largest absolute Gasteiger partial charge is 0.341 e. The van der Waals surface area contributed by atoms with Crippen molar-refractivity contribution in [3.8, 4) is 0 Å². The van der Waals surface area contributed by atoms with Gasteiger partial charge in [-0.15, -0.1) is 0 Å². The smallest absolute Gasteiger partial charge is 0.182 e. The van der Waals surface area contributed by atoms with Crippen molar-refractivity contribution in [1.29, 1.82) is 0 Å². The minimum Gasteiger partial charge on any atom is -0.182 e. The van der Waals surface area contributed by atoms with E-state index < -0.39 is 13.4 Å². The monoisotopic (exact) mass is 96.0 g/mol. The van der Waals surface area contributed by atoms with E-state index in [1.54, 1.807) is 0 Å². The Hall–Kier alpha value is -0.145. The molecule has 0 aliphatic heterocycles. The first-order chi connectivity index (χ1) is 2.56. The summed E-state index contributed by atoms with van der Waals surface area (Å²) >= 11 is 0. The molecule has 0 fully saturated rings. The topological polar surface area (TPSA) is 0 Å². The molecule has 0 spiro atoms. The summed E-state index contributed by atoms with van der Waals surface area (Å²) in [5.41, 5.74) is 0. The molecule has 0 rings (SSSR count). The summed E-state index contributed by atoms with van der Waals surface area (Å²) in [4.78, 5) is 0. The van der Waals surface area contributed by atoms with Crippen LogP contribution in [0, 0.1) is 0 Å². The Balaban J connectivity index is 3.17. The van der Waals surface area contributed by atoms with E-state index in [0.717, 1.165) is 6.82 Å². The molecule has 4 heteroatoms. The second kappa shape index (κ2) is 1.54. The lowest BCUT2D eigenvalue weighted by molar-refractivity contribution is -0.0464. The predicted octanol–water partition coefficient (Wildman–Crippen LogP) is 0.991. The summed E-state index contributed by atoms with van der Waals surface area (Å²) in [6, 6.07) is 0. The van der Waals surface area contributed by atoms with E-state index in [1.807, 2.05) is 0 Å². The minimum absolute atomic E-state index is 0.729. The van der Waals surface area contributed by atoms with Gasteiger partial charge in [-0.1, -0.05) is 6.82 Å². The van der Waals surface area contributed by atoms with Crippen molar-refractivity contribution in [2.24, 2.45) is 0 Å². The van der Waals surface area contributed by atoms with Crippen molar-refractivity contribution < 1.29 is 13.2 Å². The first-order valence-electron chi connectivity index (χ1n) is 1.63. The van der Waals surface area contributed by atoms with Crippen LogP contribution in [0.15, 0.2) is 0 Å². The summed E-state index contributed by atoms with van der Waals surface area (Å²) in [7, 11) is -0.729. The highest BCUT2D eigenvalue weighted by Gasteiger charge is 2.23. The van der Waals surface area contributed by atoms with Gasteiger partial charge in [-0.3, -0.25) is 0 Å². The Kier molecular flexibility index (Phi) is 1.50. The van der Waals surface area contributed by atoms with Crippen LogP contribution in [-0.4, -0.2) is 13.4 Å². The molecule has 0 aromatic heterocycles. The van der Waals surface area contributed by atoms with Crippen LogP contribution in [0.1, 0.15) is 0 Å². The fourth-order valence-electron chi connectivity index (χ4n) is 0. The van der Waals surface area contributed by atoms with Crippen LogP contribution in [0.2, 0.25) is 6.82 Å². The standard InChI is InChI=1S/C2H4BF3/c1-3-2(4,5)6/h3H,1H3. The maximum absolute atomic E-state index is 10.8. The van der Waals surface area contributed by atoms with E-state index in [2.05, 4.69) is 0 Å². The highest BCUT2D eigenvalue weighted by Crippen LogP contribution is 2.10. The molecule has 0 nitrogen and oxygen atoms in total. The van der Waals surface area contributed by atoms with Gasteiger partial charge in [0, 0.05) is 0 Å². The SMILES string of the molecule is CBC(F)(F)F. The van der Waals surface area contributed by atoms with E-state index in [1.165, 1.54) is 0 Å². The van der Waals surface area contributed by atoms with Crippen molar-refractivity contribution in [3.05, 3.63) is 0 Å². The van der Waals surface area contributed by atoms with E-state index in [0.29, 0.717) is 0 Å². The van der Waals surface area contributed by atoms with Gasteiger partial charge < -0.3 is 0 Å². The zero-order valence-corrected chi connectivity index (χ0v) is 3.34. The maximum Gasteiger partial charge on any atom is 0.341 e. The van der Waals surface area contributed by atoms with Crippen molar-refractivity contribution in [2.75, 3.05) is 0 Å². The van der Waals surface area contributed by atoms with Crippen LogP contribution in [0.25, 0.3) is 0 Å². The van der Waals surface area contributed by atoms with Gasteiger partial charge in [-0.25, -0.2) is 0 Å². The lowest BCUT2D eigenvalue weighted by Gasteiger charge is -1.95.